The molecule has 2 rings (SSSR count). The molecule has 0 saturated heterocycles. The van der Waals surface area contributed by atoms with Crippen molar-refractivity contribution in [1.29, 1.82) is 0 Å². The number of aliphatic carboxylic acids is 1. The second kappa shape index (κ2) is 5.67. The number of rotatable bonds is 5. The zero-order valence-corrected chi connectivity index (χ0v) is 9.79. The van der Waals surface area contributed by atoms with Gasteiger partial charge in [0.1, 0.15) is 11.4 Å². The van der Waals surface area contributed by atoms with Crippen molar-refractivity contribution in [2.24, 2.45) is 0 Å². The third-order valence-corrected chi connectivity index (χ3v) is 2.23. The number of nitrogens with zero attached hydrogens (tertiary/aromatic N) is 1. The minimum atomic E-state index is -1.09. The Morgan fingerprint density at radius 2 is 2.16 bits per heavy atom. The van der Waals surface area contributed by atoms with E-state index in [2.05, 4.69) is 15.3 Å². The highest BCUT2D eigenvalue weighted by Gasteiger charge is 2.11. The third-order valence-electron chi connectivity index (χ3n) is 2.23. The topological polar surface area (TPSA) is 104 Å². The van der Waals surface area contributed by atoms with E-state index in [1.54, 1.807) is 24.3 Å². The van der Waals surface area contributed by atoms with Gasteiger partial charge in [0.25, 0.3) is 5.91 Å². The fraction of sp³-hybridized carbons (Fsp3) is 0.0833. The van der Waals surface area contributed by atoms with E-state index >= 15 is 0 Å². The van der Waals surface area contributed by atoms with Crippen molar-refractivity contribution in [3.63, 3.8) is 0 Å². The van der Waals surface area contributed by atoms with Crippen LogP contribution in [0.3, 0.4) is 0 Å². The molecule has 0 atom stereocenters. The van der Waals surface area contributed by atoms with E-state index in [1.165, 1.54) is 12.5 Å². The lowest BCUT2D eigenvalue weighted by Gasteiger charge is -2.10. The standard InChI is InChI=1S/C12H11N3O4/c16-11(17)6-19-10-4-2-1-3-8(10)15-12(18)9-5-13-7-14-9/h1-5,7H,6H2,(H,13,14)(H,15,18)(H,16,17). The molecule has 3 N–H and O–H groups in total. The first kappa shape index (κ1) is 12.6. The Morgan fingerprint density at radius 1 is 1.37 bits per heavy atom. The van der Waals surface area contributed by atoms with Gasteiger partial charge in [-0.15, -0.1) is 0 Å². The molecular weight excluding hydrogens is 250 g/mol. The number of anilines is 1. The van der Waals surface area contributed by atoms with E-state index in [0.717, 1.165) is 0 Å². The van der Waals surface area contributed by atoms with Crippen LogP contribution in [0, 0.1) is 0 Å². The van der Waals surface area contributed by atoms with Gasteiger partial charge in [-0.2, -0.15) is 0 Å². The third kappa shape index (κ3) is 3.32. The minimum absolute atomic E-state index is 0.290. The molecule has 0 fully saturated rings. The van der Waals surface area contributed by atoms with Crippen molar-refractivity contribution < 1.29 is 19.4 Å². The molecule has 2 aromatic rings. The summed E-state index contributed by atoms with van der Waals surface area (Å²) >= 11 is 0. The van der Waals surface area contributed by atoms with Gasteiger partial charge in [0.15, 0.2) is 6.61 Å². The van der Waals surface area contributed by atoms with E-state index in [4.69, 9.17) is 9.84 Å². The van der Waals surface area contributed by atoms with Gasteiger partial charge < -0.3 is 20.1 Å². The molecule has 0 saturated carbocycles. The molecule has 19 heavy (non-hydrogen) atoms. The van der Waals surface area contributed by atoms with E-state index in [1.807, 2.05) is 0 Å². The van der Waals surface area contributed by atoms with Crippen LogP contribution in [0.15, 0.2) is 36.8 Å². The van der Waals surface area contributed by atoms with Gasteiger partial charge in [-0.3, -0.25) is 4.79 Å². The number of hydrogen-bond donors (Lipinski definition) is 3. The van der Waals surface area contributed by atoms with Gasteiger partial charge in [0.2, 0.25) is 0 Å². The average Bonchev–Trinajstić information content (AvgIpc) is 2.91. The SMILES string of the molecule is O=C(O)COc1ccccc1NC(=O)c1cnc[nH]1. The molecule has 7 nitrogen and oxygen atoms in total. The first-order valence-electron chi connectivity index (χ1n) is 5.40. The number of carboxylic acid groups (broad SMARTS) is 1. The number of hydrogen-bond acceptors (Lipinski definition) is 4. The van der Waals surface area contributed by atoms with Crippen molar-refractivity contribution in [3.05, 3.63) is 42.5 Å². The Kier molecular flexibility index (Phi) is 3.77. The fourth-order valence-corrected chi connectivity index (χ4v) is 1.40. The number of imidazole rings is 1. The molecule has 0 aliphatic carbocycles. The Hall–Kier alpha value is -2.83. The summed E-state index contributed by atoms with van der Waals surface area (Å²) in [6.07, 6.45) is 2.78. The lowest BCUT2D eigenvalue weighted by molar-refractivity contribution is -0.139. The van der Waals surface area contributed by atoms with Crippen LogP contribution in [0.4, 0.5) is 5.69 Å². The summed E-state index contributed by atoms with van der Waals surface area (Å²) in [5.74, 6) is -1.18. The van der Waals surface area contributed by atoms with Gasteiger partial charge in [-0.05, 0) is 12.1 Å². The zero-order chi connectivity index (χ0) is 13.7. The second-order valence-corrected chi connectivity index (χ2v) is 3.60. The monoisotopic (exact) mass is 261 g/mol. The summed E-state index contributed by atoms with van der Waals surface area (Å²) in [5.41, 5.74) is 0.691. The van der Waals surface area contributed by atoms with Crippen LogP contribution in [-0.2, 0) is 4.79 Å². The lowest BCUT2D eigenvalue weighted by atomic mass is 10.3. The highest BCUT2D eigenvalue weighted by atomic mass is 16.5. The predicted octanol–water partition coefficient (Wildman–Crippen LogP) is 1.13. The molecule has 1 heterocycles. The summed E-state index contributed by atoms with van der Waals surface area (Å²) in [4.78, 5) is 28.7. The van der Waals surface area contributed by atoms with Gasteiger partial charge in [-0.25, -0.2) is 9.78 Å². The number of carbonyl (C=O) groups excluding carboxylic acids is 1. The number of para-hydroxylation sites is 2. The maximum absolute atomic E-state index is 11.8. The molecular formula is C12H11N3O4. The van der Waals surface area contributed by atoms with Gasteiger partial charge >= 0.3 is 5.97 Å². The highest BCUT2D eigenvalue weighted by molar-refractivity contribution is 6.03. The summed E-state index contributed by atoms with van der Waals surface area (Å²) < 4.78 is 5.08. The number of aromatic nitrogens is 2. The molecule has 98 valence electrons. The summed E-state index contributed by atoms with van der Waals surface area (Å²) in [7, 11) is 0. The van der Waals surface area contributed by atoms with Crippen LogP contribution in [0.1, 0.15) is 10.5 Å². The normalized spacial score (nSPS) is 9.89. The van der Waals surface area contributed by atoms with E-state index < -0.39 is 12.6 Å². The molecule has 0 radical (unpaired) electrons. The van der Waals surface area contributed by atoms with Crippen LogP contribution < -0.4 is 10.1 Å². The van der Waals surface area contributed by atoms with Crippen molar-refractivity contribution in [3.8, 4) is 5.75 Å². The minimum Gasteiger partial charge on any atom is -0.480 e. The Labute approximate surface area is 108 Å². The first-order chi connectivity index (χ1) is 9.16. The predicted molar refractivity (Wildman–Crippen MR) is 66.1 cm³/mol. The number of nitrogens with one attached hydrogen (secondary N) is 2. The number of ether oxygens (including phenoxy) is 1. The average molecular weight is 261 g/mol. The number of carboxylic acids is 1. The zero-order valence-electron chi connectivity index (χ0n) is 9.79. The second-order valence-electron chi connectivity index (χ2n) is 3.60. The quantitative estimate of drug-likeness (QED) is 0.748. The van der Waals surface area contributed by atoms with E-state index in [9.17, 15) is 9.59 Å². The maximum atomic E-state index is 11.8. The van der Waals surface area contributed by atoms with Crippen LogP contribution >= 0.6 is 0 Å². The van der Waals surface area contributed by atoms with Crippen LogP contribution in [0.2, 0.25) is 0 Å². The lowest BCUT2D eigenvalue weighted by Crippen LogP contribution is -2.15. The Balaban J connectivity index is 2.11. The number of carbonyl (C=O) groups is 2. The molecule has 0 spiro atoms. The molecule has 1 amide bonds. The van der Waals surface area contributed by atoms with Crippen LogP contribution in [0.5, 0.6) is 5.75 Å². The molecule has 1 aromatic carbocycles. The molecule has 0 unspecified atom stereocenters. The molecule has 0 aliphatic rings. The maximum Gasteiger partial charge on any atom is 0.341 e. The molecule has 7 heteroatoms. The molecule has 0 aliphatic heterocycles. The van der Waals surface area contributed by atoms with Crippen molar-refractivity contribution in [2.45, 2.75) is 0 Å². The fourth-order valence-electron chi connectivity index (χ4n) is 1.40. The highest BCUT2D eigenvalue weighted by Crippen LogP contribution is 2.24. The largest absolute Gasteiger partial charge is 0.480 e. The van der Waals surface area contributed by atoms with Crippen LogP contribution in [-0.4, -0.2) is 33.6 Å². The van der Waals surface area contributed by atoms with Crippen LogP contribution in [0.25, 0.3) is 0 Å². The van der Waals surface area contributed by atoms with Gasteiger partial charge in [0.05, 0.1) is 18.2 Å². The number of benzene rings is 1. The van der Waals surface area contributed by atoms with Crippen molar-refractivity contribution >= 4 is 17.6 Å². The number of aromatic amines is 1. The first-order valence-corrected chi connectivity index (χ1v) is 5.40. The van der Waals surface area contributed by atoms with Crippen molar-refractivity contribution in [2.75, 3.05) is 11.9 Å². The summed E-state index contributed by atoms with van der Waals surface area (Å²) in [5, 5.41) is 11.2. The van der Waals surface area contributed by atoms with E-state index in [-0.39, 0.29) is 11.7 Å². The molecule has 1 aromatic heterocycles. The molecule has 0 bridgehead atoms. The Bertz CT molecular complexity index is 580. The smallest absolute Gasteiger partial charge is 0.341 e. The van der Waals surface area contributed by atoms with Gasteiger partial charge in [-0.1, -0.05) is 12.1 Å². The Morgan fingerprint density at radius 3 is 2.84 bits per heavy atom. The number of H-pyrrole nitrogens is 1. The summed E-state index contributed by atoms with van der Waals surface area (Å²) in [6, 6.07) is 6.58. The number of amides is 1. The van der Waals surface area contributed by atoms with E-state index in [0.29, 0.717) is 11.4 Å². The van der Waals surface area contributed by atoms with Crippen molar-refractivity contribution in [1.82, 2.24) is 9.97 Å². The summed E-state index contributed by atoms with van der Waals surface area (Å²) in [6.45, 7) is -0.475. The van der Waals surface area contributed by atoms with Gasteiger partial charge in [0, 0.05) is 0 Å².